The molecule has 0 spiro atoms. The first-order valence-corrected chi connectivity index (χ1v) is 5.19. The molecule has 0 fully saturated rings. The summed E-state index contributed by atoms with van der Waals surface area (Å²) in [5.41, 5.74) is 0.525. The molecule has 2 aromatic rings. The van der Waals surface area contributed by atoms with Gasteiger partial charge in [0.15, 0.2) is 5.82 Å². The summed E-state index contributed by atoms with van der Waals surface area (Å²) in [6.07, 6.45) is -4.93. The molecule has 0 saturated heterocycles. The van der Waals surface area contributed by atoms with Gasteiger partial charge in [0.25, 0.3) is 0 Å². The fraction of sp³-hybridized carbons (Fsp3) is 0.111. The van der Waals surface area contributed by atoms with E-state index in [-0.39, 0.29) is 5.82 Å². The number of H-pyrrole nitrogens is 1. The first-order valence-electron chi connectivity index (χ1n) is 4.40. The van der Waals surface area contributed by atoms with Gasteiger partial charge in [-0.3, -0.25) is 9.89 Å². The van der Waals surface area contributed by atoms with E-state index in [2.05, 4.69) is 26.1 Å². The van der Waals surface area contributed by atoms with Gasteiger partial charge >= 0.3 is 12.1 Å². The van der Waals surface area contributed by atoms with Gasteiger partial charge in [0.1, 0.15) is 0 Å². The molecule has 1 aromatic heterocycles. The number of carbonyl (C=O) groups excluding carboxylic acids is 1. The third kappa shape index (κ3) is 2.41. The van der Waals surface area contributed by atoms with Crippen LogP contribution in [0.1, 0.15) is 0 Å². The van der Waals surface area contributed by atoms with Gasteiger partial charge in [-0.1, -0.05) is 15.9 Å². The number of amides is 1. The van der Waals surface area contributed by atoms with Crippen LogP contribution in [0.15, 0.2) is 22.7 Å². The van der Waals surface area contributed by atoms with Gasteiger partial charge in [0, 0.05) is 9.86 Å². The molecule has 1 amide bonds. The number of nitrogens with zero attached hydrogens (tertiary/aromatic N) is 1. The smallest absolute Gasteiger partial charge is 0.301 e. The number of aromatic nitrogens is 2. The molecule has 2 N–H and O–H groups in total. The standard InChI is InChI=1S/C9H5BrF3N3O/c10-4-1-2-5-6(3-4)15-16-7(5)14-8(17)9(11,12)13/h1-3H,(H2,14,15,16,17). The summed E-state index contributed by atoms with van der Waals surface area (Å²) in [6, 6.07) is 4.83. The molecule has 0 aliphatic rings. The third-order valence-electron chi connectivity index (χ3n) is 2.01. The maximum absolute atomic E-state index is 12.0. The average Bonchev–Trinajstić information content (AvgIpc) is 2.59. The molecule has 1 heterocycles. The number of rotatable bonds is 1. The second-order valence-electron chi connectivity index (χ2n) is 3.21. The number of benzene rings is 1. The molecule has 90 valence electrons. The van der Waals surface area contributed by atoms with Crippen molar-refractivity contribution in [3.05, 3.63) is 22.7 Å². The van der Waals surface area contributed by atoms with Crippen LogP contribution in [0.2, 0.25) is 0 Å². The molecular weight excluding hydrogens is 303 g/mol. The Balaban J connectivity index is 2.35. The van der Waals surface area contributed by atoms with Gasteiger partial charge in [-0.25, -0.2) is 0 Å². The Morgan fingerprint density at radius 3 is 2.76 bits per heavy atom. The van der Waals surface area contributed by atoms with Gasteiger partial charge in [-0.05, 0) is 18.2 Å². The number of fused-ring (bicyclic) bond motifs is 1. The number of hydrogen-bond donors (Lipinski definition) is 2. The van der Waals surface area contributed by atoms with Crippen molar-refractivity contribution in [1.82, 2.24) is 10.2 Å². The number of anilines is 1. The summed E-state index contributed by atoms with van der Waals surface area (Å²) in [7, 11) is 0. The van der Waals surface area contributed by atoms with E-state index >= 15 is 0 Å². The number of halogens is 4. The van der Waals surface area contributed by atoms with E-state index in [1.165, 1.54) is 0 Å². The molecule has 0 saturated carbocycles. The highest BCUT2D eigenvalue weighted by Gasteiger charge is 2.39. The van der Waals surface area contributed by atoms with Crippen molar-refractivity contribution in [3.8, 4) is 0 Å². The lowest BCUT2D eigenvalue weighted by molar-refractivity contribution is -0.167. The molecule has 0 bridgehead atoms. The zero-order valence-corrected chi connectivity index (χ0v) is 9.69. The minimum Gasteiger partial charge on any atom is -0.301 e. The van der Waals surface area contributed by atoms with Crippen molar-refractivity contribution in [2.75, 3.05) is 5.32 Å². The number of carbonyl (C=O) groups is 1. The summed E-state index contributed by atoms with van der Waals surface area (Å²) in [5.74, 6) is -2.19. The summed E-state index contributed by atoms with van der Waals surface area (Å²) < 4.78 is 36.9. The topological polar surface area (TPSA) is 57.8 Å². The predicted molar refractivity (Wildman–Crippen MR) is 58.5 cm³/mol. The van der Waals surface area contributed by atoms with Crippen LogP contribution >= 0.6 is 15.9 Å². The van der Waals surface area contributed by atoms with Gasteiger partial charge in [-0.2, -0.15) is 18.3 Å². The van der Waals surface area contributed by atoms with Crippen LogP contribution < -0.4 is 5.32 Å². The van der Waals surface area contributed by atoms with E-state index in [1.54, 1.807) is 23.5 Å². The Hall–Kier alpha value is -1.57. The molecule has 0 radical (unpaired) electrons. The van der Waals surface area contributed by atoms with Crippen molar-refractivity contribution in [3.63, 3.8) is 0 Å². The molecule has 1 aromatic carbocycles. The van der Waals surface area contributed by atoms with E-state index in [1.807, 2.05) is 0 Å². The highest BCUT2D eigenvalue weighted by Crippen LogP contribution is 2.25. The van der Waals surface area contributed by atoms with Crippen molar-refractivity contribution < 1.29 is 18.0 Å². The van der Waals surface area contributed by atoms with E-state index in [0.29, 0.717) is 10.9 Å². The number of nitrogens with one attached hydrogen (secondary N) is 2. The largest absolute Gasteiger partial charge is 0.471 e. The maximum Gasteiger partial charge on any atom is 0.471 e. The fourth-order valence-electron chi connectivity index (χ4n) is 1.27. The Kier molecular flexibility index (Phi) is 2.82. The van der Waals surface area contributed by atoms with Crippen LogP contribution in [0.25, 0.3) is 10.9 Å². The second kappa shape index (κ2) is 4.02. The van der Waals surface area contributed by atoms with Gasteiger partial charge in [0.2, 0.25) is 0 Å². The Morgan fingerprint density at radius 1 is 1.41 bits per heavy atom. The van der Waals surface area contributed by atoms with E-state index < -0.39 is 12.1 Å². The Labute approximate surface area is 101 Å². The van der Waals surface area contributed by atoms with Crippen LogP contribution in [-0.2, 0) is 4.79 Å². The summed E-state index contributed by atoms with van der Waals surface area (Å²) >= 11 is 3.21. The Bertz CT molecular complexity index is 578. The normalized spacial score (nSPS) is 11.8. The molecule has 4 nitrogen and oxygen atoms in total. The SMILES string of the molecule is O=C(Nc1n[nH]c2cc(Br)ccc12)C(F)(F)F. The van der Waals surface area contributed by atoms with Crippen molar-refractivity contribution >= 4 is 38.6 Å². The molecule has 2 rings (SSSR count). The molecule has 0 aliphatic carbocycles. The van der Waals surface area contributed by atoms with Gasteiger partial charge in [-0.15, -0.1) is 0 Å². The number of hydrogen-bond acceptors (Lipinski definition) is 2. The summed E-state index contributed by atoms with van der Waals surface area (Å²) in [5, 5.41) is 8.25. The minimum atomic E-state index is -4.93. The van der Waals surface area contributed by atoms with E-state index in [4.69, 9.17) is 0 Å². The lowest BCUT2D eigenvalue weighted by atomic mass is 10.2. The minimum absolute atomic E-state index is 0.144. The second-order valence-corrected chi connectivity index (χ2v) is 4.13. The average molecular weight is 308 g/mol. The molecule has 17 heavy (non-hydrogen) atoms. The summed E-state index contributed by atoms with van der Waals surface area (Å²) in [4.78, 5) is 10.7. The van der Waals surface area contributed by atoms with Crippen molar-refractivity contribution in [1.29, 1.82) is 0 Å². The number of alkyl halides is 3. The maximum atomic E-state index is 12.0. The molecule has 8 heteroatoms. The monoisotopic (exact) mass is 307 g/mol. The zero-order valence-electron chi connectivity index (χ0n) is 8.10. The van der Waals surface area contributed by atoms with Crippen LogP contribution in [0.3, 0.4) is 0 Å². The van der Waals surface area contributed by atoms with Gasteiger partial charge in [0.05, 0.1) is 5.52 Å². The predicted octanol–water partition coefficient (Wildman–Crippen LogP) is 2.83. The molecule has 0 atom stereocenters. The fourth-order valence-corrected chi connectivity index (χ4v) is 1.63. The molecule has 0 unspecified atom stereocenters. The zero-order chi connectivity index (χ0) is 12.6. The van der Waals surface area contributed by atoms with E-state index in [0.717, 1.165) is 4.47 Å². The van der Waals surface area contributed by atoms with Crippen LogP contribution in [0, 0.1) is 0 Å². The highest BCUT2D eigenvalue weighted by molar-refractivity contribution is 9.10. The Morgan fingerprint density at radius 2 is 2.12 bits per heavy atom. The molecular formula is C9H5BrF3N3O. The highest BCUT2D eigenvalue weighted by atomic mass is 79.9. The van der Waals surface area contributed by atoms with Crippen LogP contribution in [0.4, 0.5) is 19.0 Å². The third-order valence-corrected chi connectivity index (χ3v) is 2.51. The first-order chi connectivity index (χ1) is 7.88. The van der Waals surface area contributed by atoms with Crippen molar-refractivity contribution in [2.24, 2.45) is 0 Å². The summed E-state index contributed by atoms with van der Waals surface area (Å²) in [6.45, 7) is 0. The van der Waals surface area contributed by atoms with Crippen LogP contribution in [0.5, 0.6) is 0 Å². The lowest BCUT2D eigenvalue weighted by Crippen LogP contribution is -2.30. The molecule has 0 aliphatic heterocycles. The first kappa shape index (κ1) is 11.9. The quantitative estimate of drug-likeness (QED) is 0.851. The van der Waals surface area contributed by atoms with Crippen LogP contribution in [-0.4, -0.2) is 22.3 Å². The van der Waals surface area contributed by atoms with Crippen molar-refractivity contribution in [2.45, 2.75) is 6.18 Å². The van der Waals surface area contributed by atoms with E-state index in [9.17, 15) is 18.0 Å². The number of aromatic amines is 1. The lowest BCUT2D eigenvalue weighted by Gasteiger charge is -2.05. The van der Waals surface area contributed by atoms with Gasteiger partial charge < -0.3 is 5.32 Å².